The Bertz CT molecular complexity index is 1310. The smallest absolute Gasteiger partial charge is 0.296 e. The van der Waals surface area contributed by atoms with E-state index >= 15 is 0 Å². The van der Waals surface area contributed by atoms with Gasteiger partial charge in [-0.25, -0.2) is 0 Å². The number of benzene rings is 2. The zero-order chi connectivity index (χ0) is 23.7. The number of rotatable bonds is 6. The van der Waals surface area contributed by atoms with Gasteiger partial charge >= 0.3 is 0 Å². The second-order valence-electron chi connectivity index (χ2n) is 7.13. The van der Waals surface area contributed by atoms with Crippen LogP contribution >= 0.6 is 0 Å². The minimum absolute atomic E-state index is 0.000219. The van der Waals surface area contributed by atoms with Gasteiger partial charge in [0.1, 0.15) is 11.5 Å². The maximum atomic E-state index is 13.0. The number of ketones is 1. The molecule has 0 aliphatic carbocycles. The molecule has 4 rings (SSSR count). The highest BCUT2D eigenvalue weighted by Crippen LogP contribution is 2.43. The van der Waals surface area contributed by atoms with Gasteiger partial charge in [-0.2, -0.15) is 0 Å². The molecule has 166 valence electrons. The van der Waals surface area contributed by atoms with Crippen molar-refractivity contribution in [1.82, 2.24) is 4.90 Å². The zero-order valence-electron chi connectivity index (χ0n) is 16.8. The van der Waals surface area contributed by atoms with Crippen molar-refractivity contribution >= 4 is 28.8 Å². The Labute approximate surface area is 185 Å². The fourth-order valence-electron chi connectivity index (χ4n) is 3.74. The summed E-state index contributed by atoms with van der Waals surface area (Å²) in [6, 6.07) is 12.2. The largest absolute Gasteiger partial charge is 0.507 e. The van der Waals surface area contributed by atoms with Crippen LogP contribution < -0.4 is 0 Å². The van der Waals surface area contributed by atoms with Gasteiger partial charge in [0.05, 0.1) is 39.8 Å². The van der Waals surface area contributed by atoms with Gasteiger partial charge in [-0.3, -0.25) is 29.8 Å². The molecule has 0 spiro atoms. The van der Waals surface area contributed by atoms with Gasteiger partial charge in [0.2, 0.25) is 0 Å². The van der Waals surface area contributed by atoms with E-state index < -0.39 is 38.9 Å². The quantitative estimate of drug-likeness (QED) is 0.196. The summed E-state index contributed by atoms with van der Waals surface area (Å²) < 4.78 is 5.27. The maximum absolute atomic E-state index is 13.0. The van der Waals surface area contributed by atoms with Gasteiger partial charge < -0.3 is 14.4 Å². The minimum atomic E-state index is -1.32. The molecule has 11 nitrogen and oxygen atoms in total. The van der Waals surface area contributed by atoms with Crippen molar-refractivity contribution in [3.63, 3.8) is 0 Å². The first-order chi connectivity index (χ1) is 15.8. The van der Waals surface area contributed by atoms with Crippen molar-refractivity contribution < 1.29 is 29.0 Å². The molecule has 1 aliphatic rings. The molecule has 1 aromatic heterocycles. The molecular weight excluding hydrogens is 434 g/mol. The van der Waals surface area contributed by atoms with E-state index in [9.17, 15) is 34.9 Å². The van der Waals surface area contributed by atoms with Crippen molar-refractivity contribution in [2.75, 3.05) is 0 Å². The Morgan fingerprint density at radius 3 is 2.42 bits per heavy atom. The Hall–Kier alpha value is -4.80. The SMILES string of the molecule is O=C1C(=O)N(Cc2ccco2)C(c2ccccc2[N+](=O)[O-])C1=C(O)c1cccc([N+](=O)[O-])c1. The predicted octanol–water partition coefficient (Wildman–Crippen LogP) is 3.72. The van der Waals surface area contributed by atoms with Crippen LogP contribution in [0.2, 0.25) is 0 Å². The van der Waals surface area contributed by atoms with Crippen LogP contribution in [-0.2, 0) is 16.1 Å². The van der Waals surface area contributed by atoms with Crippen LogP contribution in [0.3, 0.4) is 0 Å². The number of likely N-dealkylation sites (tertiary alicyclic amines) is 1. The van der Waals surface area contributed by atoms with E-state index in [1.807, 2.05) is 0 Å². The lowest BCUT2D eigenvalue weighted by atomic mass is 9.94. The van der Waals surface area contributed by atoms with E-state index in [4.69, 9.17) is 4.42 Å². The fraction of sp³-hybridized carbons (Fsp3) is 0.0909. The number of nitro benzene ring substituents is 2. The second kappa shape index (κ2) is 8.38. The molecule has 1 aliphatic heterocycles. The van der Waals surface area contributed by atoms with Crippen molar-refractivity contribution in [3.05, 3.63) is 110 Å². The van der Waals surface area contributed by atoms with Gasteiger partial charge in [0.25, 0.3) is 23.1 Å². The third kappa shape index (κ3) is 3.82. The maximum Gasteiger partial charge on any atom is 0.296 e. The van der Waals surface area contributed by atoms with E-state index in [-0.39, 0.29) is 29.0 Å². The van der Waals surface area contributed by atoms with Crippen LogP contribution in [-0.4, -0.2) is 31.5 Å². The highest BCUT2D eigenvalue weighted by Gasteiger charge is 2.48. The average molecular weight is 449 g/mol. The van der Waals surface area contributed by atoms with Crippen LogP contribution in [0.4, 0.5) is 11.4 Å². The van der Waals surface area contributed by atoms with Crippen LogP contribution in [0.15, 0.2) is 76.9 Å². The average Bonchev–Trinajstić information content (AvgIpc) is 3.41. The molecule has 1 amide bonds. The molecule has 1 saturated heterocycles. The van der Waals surface area contributed by atoms with Crippen molar-refractivity contribution in [2.45, 2.75) is 12.6 Å². The highest BCUT2D eigenvalue weighted by molar-refractivity contribution is 6.46. The standard InChI is InChI=1S/C22H15N3O8/c26-20(13-5-3-6-14(11-13)24(29)30)18-19(16-8-1-2-9-17(16)25(31)32)23(22(28)21(18)27)12-15-7-4-10-33-15/h1-11,19,26H,12H2. The summed E-state index contributed by atoms with van der Waals surface area (Å²) in [6.45, 7) is -0.194. The van der Waals surface area contributed by atoms with Crippen molar-refractivity contribution in [2.24, 2.45) is 0 Å². The Morgan fingerprint density at radius 2 is 1.76 bits per heavy atom. The first kappa shape index (κ1) is 21.4. The Balaban J connectivity index is 1.94. The number of amides is 1. The molecule has 0 radical (unpaired) electrons. The topological polar surface area (TPSA) is 157 Å². The number of nitrogens with zero attached hydrogens (tertiary/aromatic N) is 3. The van der Waals surface area contributed by atoms with Gasteiger partial charge in [0, 0.05) is 23.8 Å². The fourth-order valence-corrected chi connectivity index (χ4v) is 3.74. The molecule has 0 bridgehead atoms. The van der Waals surface area contributed by atoms with Crippen LogP contribution in [0.25, 0.3) is 5.76 Å². The molecule has 1 atom stereocenters. The summed E-state index contributed by atoms with van der Waals surface area (Å²) >= 11 is 0. The number of furan rings is 1. The molecule has 2 heterocycles. The number of non-ortho nitro benzene ring substituents is 1. The molecular formula is C22H15N3O8. The number of aliphatic hydroxyl groups excluding tert-OH is 1. The Morgan fingerprint density at radius 1 is 1.00 bits per heavy atom. The number of carbonyl (C=O) groups excluding carboxylic acids is 2. The van der Waals surface area contributed by atoms with Gasteiger partial charge in [-0.15, -0.1) is 0 Å². The third-order valence-corrected chi connectivity index (χ3v) is 5.20. The molecule has 3 aromatic rings. The lowest BCUT2D eigenvalue weighted by Crippen LogP contribution is -2.29. The first-order valence-electron chi connectivity index (χ1n) is 9.58. The first-order valence-corrected chi connectivity index (χ1v) is 9.58. The molecule has 33 heavy (non-hydrogen) atoms. The molecule has 1 N–H and O–H groups in total. The summed E-state index contributed by atoms with van der Waals surface area (Å²) in [6.07, 6.45) is 1.37. The monoisotopic (exact) mass is 449 g/mol. The summed E-state index contributed by atoms with van der Waals surface area (Å²) in [7, 11) is 0. The predicted molar refractivity (Wildman–Crippen MR) is 113 cm³/mol. The zero-order valence-corrected chi connectivity index (χ0v) is 16.8. The number of aliphatic hydroxyl groups is 1. The summed E-state index contributed by atoms with van der Waals surface area (Å²) in [5.41, 5.74) is -1.20. The minimum Gasteiger partial charge on any atom is -0.507 e. The van der Waals surface area contributed by atoms with Gasteiger partial charge in [0.15, 0.2) is 0 Å². The number of nitro groups is 2. The summed E-state index contributed by atoms with van der Waals surface area (Å²) in [5.74, 6) is -2.44. The molecule has 11 heteroatoms. The number of carbonyl (C=O) groups is 2. The highest BCUT2D eigenvalue weighted by atomic mass is 16.6. The van der Waals surface area contributed by atoms with E-state index in [2.05, 4.69) is 0 Å². The van der Waals surface area contributed by atoms with E-state index in [1.54, 1.807) is 12.1 Å². The number of para-hydroxylation sites is 1. The van der Waals surface area contributed by atoms with Crippen LogP contribution in [0.1, 0.15) is 22.9 Å². The number of Topliss-reactive ketones (excluding diaryl/α,β-unsaturated/α-hetero) is 1. The van der Waals surface area contributed by atoms with Crippen LogP contribution in [0, 0.1) is 20.2 Å². The van der Waals surface area contributed by atoms with E-state index in [0.29, 0.717) is 5.76 Å². The second-order valence-corrected chi connectivity index (χ2v) is 7.13. The molecule has 2 aromatic carbocycles. The normalized spacial score (nSPS) is 17.3. The van der Waals surface area contributed by atoms with Crippen molar-refractivity contribution in [1.29, 1.82) is 0 Å². The number of hydrogen-bond donors (Lipinski definition) is 1. The lowest BCUT2D eigenvalue weighted by Gasteiger charge is -2.24. The van der Waals surface area contributed by atoms with Crippen LogP contribution in [0.5, 0.6) is 0 Å². The third-order valence-electron chi connectivity index (χ3n) is 5.20. The van der Waals surface area contributed by atoms with Gasteiger partial charge in [-0.05, 0) is 18.2 Å². The molecule has 0 saturated carbocycles. The van der Waals surface area contributed by atoms with Gasteiger partial charge in [-0.1, -0.05) is 24.3 Å². The molecule has 1 unspecified atom stereocenters. The number of hydrogen-bond acceptors (Lipinski definition) is 8. The van der Waals surface area contributed by atoms with E-state index in [0.717, 1.165) is 11.0 Å². The summed E-state index contributed by atoms with van der Waals surface area (Å²) in [5, 5.41) is 33.8. The lowest BCUT2D eigenvalue weighted by molar-refractivity contribution is -0.385. The van der Waals surface area contributed by atoms with Crippen molar-refractivity contribution in [3.8, 4) is 0 Å². The van der Waals surface area contributed by atoms with E-state index in [1.165, 1.54) is 48.7 Å². The summed E-state index contributed by atoms with van der Waals surface area (Å²) in [4.78, 5) is 48.5. The molecule has 1 fully saturated rings. The Kier molecular flexibility index (Phi) is 5.44.